The molecule has 0 spiro atoms. The molecule has 0 N–H and O–H groups in total. The quantitative estimate of drug-likeness (QED) is 0.840. The zero-order chi connectivity index (χ0) is 15.2. The molecule has 0 aromatic heterocycles. The van der Waals surface area contributed by atoms with Gasteiger partial charge in [0.1, 0.15) is 5.75 Å². The minimum atomic E-state index is -0.424. The molecule has 7 nitrogen and oxygen atoms in total. The third-order valence-corrected chi connectivity index (χ3v) is 3.11. The summed E-state index contributed by atoms with van der Waals surface area (Å²) in [6.07, 6.45) is -0.424. The molecule has 1 aromatic carbocycles. The van der Waals surface area contributed by atoms with Crippen LogP contribution in [0.5, 0.6) is 23.0 Å². The lowest BCUT2D eigenvalue weighted by Crippen LogP contribution is -2.42. The molecule has 0 unspecified atom stereocenters. The first-order valence-electron chi connectivity index (χ1n) is 6.54. The number of amides is 1. The first-order chi connectivity index (χ1) is 10.2. The number of carbonyl (C=O) groups excluding carboxylic acids is 1. The van der Waals surface area contributed by atoms with E-state index < -0.39 is 6.09 Å². The van der Waals surface area contributed by atoms with E-state index in [9.17, 15) is 4.79 Å². The van der Waals surface area contributed by atoms with Crippen molar-refractivity contribution >= 4 is 6.09 Å². The Balaban J connectivity index is 2.17. The number of methoxy groups -OCH3 is 3. The molecular weight excluding hydrogens is 278 g/mol. The summed E-state index contributed by atoms with van der Waals surface area (Å²) in [6.45, 7) is 2.07. The molecule has 1 fully saturated rings. The normalized spacial score (nSPS) is 14.5. The van der Waals surface area contributed by atoms with E-state index in [2.05, 4.69) is 0 Å². The predicted molar refractivity (Wildman–Crippen MR) is 74.5 cm³/mol. The molecule has 2 rings (SSSR count). The monoisotopic (exact) mass is 297 g/mol. The lowest BCUT2D eigenvalue weighted by Gasteiger charge is -2.26. The fraction of sp³-hybridized carbons (Fsp3) is 0.500. The second-order valence-corrected chi connectivity index (χ2v) is 4.33. The summed E-state index contributed by atoms with van der Waals surface area (Å²) in [4.78, 5) is 13.6. The average Bonchev–Trinajstić information content (AvgIpc) is 2.54. The molecule has 116 valence electrons. The van der Waals surface area contributed by atoms with Gasteiger partial charge in [-0.05, 0) is 0 Å². The molecule has 1 aliphatic heterocycles. The van der Waals surface area contributed by atoms with Gasteiger partial charge in [-0.2, -0.15) is 0 Å². The SMILES string of the molecule is COc1cc(OC(=O)N2CCOCC2)cc(OC)c1OC. The van der Waals surface area contributed by atoms with E-state index in [-0.39, 0.29) is 0 Å². The van der Waals surface area contributed by atoms with Gasteiger partial charge in [0.2, 0.25) is 5.75 Å². The van der Waals surface area contributed by atoms with Crippen molar-refractivity contribution in [3.63, 3.8) is 0 Å². The molecule has 1 heterocycles. The zero-order valence-electron chi connectivity index (χ0n) is 12.4. The Morgan fingerprint density at radius 2 is 1.62 bits per heavy atom. The molecule has 0 aliphatic carbocycles. The fourth-order valence-corrected chi connectivity index (χ4v) is 2.03. The van der Waals surface area contributed by atoms with Crippen molar-refractivity contribution in [1.82, 2.24) is 4.90 Å². The van der Waals surface area contributed by atoms with Crippen molar-refractivity contribution in [3.8, 4) is 23.0 Å². The number of morpholine rings is 1. The van der Waals surface area contributed by atoms with E-state index in [1.807, 2.05) is 0 Å². The first-order valence-corrected chi connectivity index (χ1v) is 6.54. The Kier molecular flexibility index (Phi) is 5.10. The van der Waals surface area contributed by atoms with Crippen LogP contribution in [-0.4, -0.2) is 58.6 Å². The highest BCUT2D eigenvalue weighted by Crippen LogP contribution is 2.40. The van der Waals surface area contributed by atoms with Gasteiger partial charge in [-0.1, -0.05) is 0 Å². The largest absolute Gasteiger partial charge is 0.493 e. The van der Waals surface area contributed by atoms with Gasteiger partial charge in [-0.15, -0.1) is 0 Å². The number of hydrogen-bond acceptors (Lipinski definition) is 6. The Morgan fingerprint density at radius 3 is 2.10 bits per heavy atom. The fourth-order valence-electron chi connectivity index (χ4n) is 2.03. The Labute approximate surface area is 123 Å². The molecule has 1 amide bonds. The molecule has 0 radical (unpaired) electrons. The molecule has 1 aromatic rings. The van der Waals surface area contributed by atoms with Gasteiger partial charge in [0, 0.05) is 25.2 Å². The van der Waals surface area contributed by atoms with Gasteiger partial charge < -0.3 is 28.6 Å². The average molecular weight is 297 g/mol. The van der Waals surface area contributed by atoms with Crippen LogP contribution in [0.3, 0.4) is 0 Å². The van der Waals surface area contributed by atoms with Crippen LogP contribution >= 0.6 is 0 Å². The standard InChI is InChI=1S/C14H19NO6/c1-17-11-8-10(9-12(18-2)13(11)19-3)21-14(16)15-4-6-20-7-5-15/h8-9H,4-7H2,1-3H3. The van der Waals surface area contributed by atoms with Gasteiger partial charge >= 0.3 is 6.09 Å². The van der Waals surface area contributed by atoms with Gasteiger partial charge in [0.25, 0.3) is 0 Å². The third-order valence-electron chi connectivity index (χ3n) is 3.11. The predicted octanol–water partition coefficient (Wildman–Crippen LogP) is 1.54. The maximum atomic E-state index is 12.1. The minimum absolute atomic E-state index is 0.334. The van der Waals surface area contributed by atoms with Crippen LogP contribution in [0.15, 0.2) is 12.1 Å². The zero-order valence-corrected chi connectivity index (χ0v) is 12.4. The summed E-state index contributed by atoms with van der Waals surface area (Å²) in [5, 5.41) is 0. The van der Waals surface area contributed by atoms with Gasteiger partial charge in [0.05, 0.1) is 34.5 Å². The van der Waals surface area contributed by atoms with Gasteiger partial charge in [-0.25, -0.2) is 4.79 Å². The lowest BCUT2D eigenvalue weighted by atomic mass is 10.2. The third kappa shape index (κ3) is 3.49. The van der Waals surface area contributed by atoms with E-state index >= 15 is 0 Å². The van der Waals surface area contributed by atoms with Crippen molar-refractivity contribution < 1.29 is 28.5 Å². The summed E-state index contributed by atoms with van der Waals surface area (Å²) in [7, 11) is 4.52. The maximum absolute atomic E-state index is 12.1. The number of benzene rings is 1. The summed E-state index contributed by atoms with van der Waals surface area (Å²) in [6, 6.07) is 3.17. The summed E-state index contributed by atoms with van der Waals surface area (Å²) < 4.78 is 26.2. The summed E-state index contributed by atoms with van der Waals surface area (Å²) >= 11 is 0. The lowest BCUT2D eigenvalue weighted by molar-refractivity contribution is 0.0415. The number of ether oxygens (including phenoxy) is 5. The molecular formula is C14H19NO6. The number of nitrogens with zero attached hydrogens (tertiary/aromatic N) is 1. The summed E-state index contributed by atoms with van der Waals surface area (Å²) in [5.74, 6) is 1.65. The van der Waals surface area contributed by atoms with E-state index in [0.29, 0.717) is 49.3 Å². The van der Waals surface area contributed by atoms with Crippen LogP contribution in [0.4, 0.5) is 4.79 Å². The van der Waals surface area contributed by atoms with E-state index in [1.54, 1.807) is 17.0 Å². The molecule has 7 heteroatoms. The Morgan fingerprint density at radius 1 is 1.05 bits per heavy atom. The smallest absolute Gasteiger partial charge is 0.415 e. The highest BCUT2D eigenvalue weighted by Gasteiger charge is 2.21. The van der Waals surface area contributed by atoms with Crippen molar-refractivity contribution in [2.75, 3.05) is 47.6 Å². The van der Waals surface area contributed by atoms with Crippen LogP contribution < -0.4 is 18.9 Å². The van der Waals surface area contributed by atoms with Crippen LogP contribution in [0.25, 0.3) is 0 Å². The first kappa shape index (κ1) is 15.2. The van der Waals surface area contributed by atoms with Crippen LogP contribution in [0.1, 0.15) is 0 Å². The molecule has 0 atom stereocenters. The molecule has 0 bridgehead atoms. The maximum Gasteiger partial charge on any atom is 0.415 e. The van der Waals surface area contributed by atoms with Crippen molar-refractivity contribution in [2.24, 2.45) is 0 Å². The highest BCUT2D eigenvalue weighted by molar-refractivity contribution is 5.72. The number of rotatable bonds is 4. The second kappa shape index (κ2) is 7.03. The molecule has 1 aliphatic rings. The summed E-state index contributed by atoms with van der Waals surface area (Å²) in [5.41, 5.74) is 0. The van der Waals surface area contributed by atoms with Crippen molar-refractivity contribution in [2.45, 2.75) is 0 Å². The molecule has 1 saturated heterocycles. The van der Waals surface area contributed by atoms with Crippen LogP contribution in [0.2, 0.25) is 0 Å². The van der Waals surface area contributed by atoms with Crippen LogP contribution in [-0.2, 0) is 4.74 Å². The van der Waals surface area contributed by atoms with Gasteiger partial charge in [-0.3, -0.25) is 0 Å². The highest BCUT2D eigenvalue weighted by atomic mass is 16.6. The Bertz CT molecular complexity index is 473. The topological polar surface area (TPSA) is 66.5 Å². The number of hydrogen-bond donors (Lipinski definition) is 0. The molecule has 0 saturated carbocycles. The van der Waals surface area contributed by atoms with E-state index in [0.717, 1.165) is 0 Å². The Hall–Kier alpha value is -2.15. The van der Waals surface area contributed by atoms with Crippen LogP contribution in [0, 0.1) is 0 Å². The van der Waals surface area contributed by atoms with Crippen molar-refractivity contribution in [1.29, 1.82) is 0 Å². The molecule has 21 heavy (non-hydrogen) atoms. The van der Waals surface area contributed by atoms with E-state index in [1.165, 1.54) is 21.3 Å². The van der Waals surface area contributed by atoms with E-state index in [4.69, 9.17) is 23.7 Å². The van der Waals surface area contributed by atoms with Crippen molar-refractivity contribution in [3.05, 3.63) is 12.1 Å². The number of carbonyl (C=O) groups is 1. The second-order valence-electron chi connectivity index (χ2n) is 4.33. The minimum Gasteiger partial charge on any atom is -0.493 e. The van der Waals surface area contributed by atoms with Gasteiger partial charge in [0.15, 0.2) is 11.5 Å².